The zero-order valence-corrected chi connectivity index (χ0v) is 12.0. The summed E-state index contributed by atoms with van der Waals surface area (Å²) in [7, 11) is 0. The smallest absolute Gasteiger partial charge is 0.410 e. The highest BCUT2D eigenvalue weighted by molar-refractivity contribution is 5.81. The largest absolute Gasteiger partial charge is 0.479 e. The Hall–Kier alpha value is -2.04. The van der Waals surface area contributed by atoms with E-state index in [-0.39, 0.29) is 12.0 Å². The van der Waals surface area contributed by atoms with Crippen LogP contribution < -0.4 is 0 Å². The van der Waals surface area contributed by atoms with E-state index in [1.807, 2.05) is 30.3 Å². The summed E-state index contributed by atoms with van der Waals surface area (Å²) in [6, 6.07) is 9.73. The summed E-state index contributed by atoms with van der Waals surface area (Å²) in [5.41, 5.74) is 1.00. The van der Waals surface area contributed by atoms with Crippen molar-refractivity contribution in [2.45, 2.75) is 19.4 Å². The highest BCUT2D eigenvalue weighted by Crippen LogP contribution is 2.21. The summed E-state index contributed by atoms with van der Waals surface area (Å²) in [5, 5.41) is 0. The number of ether oxygens (including phenoxy) is 2. The molecule has 1 fully saturated rings. The van der Waals surface area contributed by atoms with Crippen LogP contribution in [0.3, 0.4) is 0 Å². The molecule has 21 heavy (non-hydrogen) atoms. The van der Waals surface area contributed by atoms with E-state index in [1.54, 1.807) is 4.90 Å². The van der Waals surface area contributed by atoms with E-state index in [9.17, 15) is 4.79 Å². The third-order valence-corrected chi connectivity index (χ3v) is 3.84. The fourth-order valence-electron chi connectivity index (χ4n) is 2.75. The van der Waals surface area contributed by atoms with Gasteiger partial charge >= 0.3 is 6.09 Å². The van der Waals surface area contributed by atoms with Crippen molar-refractivity contribution in [2.24, 2.45) is 10.9 Å². The first-order chi connectivity index (χ1) is 10.3. The number of amides is 1. The van der Waals surface area contributed by atoms with Crippen LogP contribution in [0.15, 0.2) is 35.3 Å². The van der Waals surface area contributed by atoms with E-state index in [2.05, 4.69) is 4.99 Å². The molecule has 0 radical (unpaired) electrons. The minimum Gasteiger partial charge on any atom is -0.479 e. The summed E-state index contributed by atoms with van der Waals surface area (Å²) in [4.78, 5) is 18.3. The van der Waals surface area contributed by atoms with Gasteiger partial charge in [0.05, 0.1) is 12.5 Å². The standard InChI is InChI=1S/C16H20N2O3/c19-16(21-12-13-5-2-1-3-6-13)18-9-4-7-14(11-18)15-17-8-10-20-15/h1-3,5-6,14H,4,7-12H2. The topological polar surface area (TPSA) is 51.1 Å². The Morgan fingerprint density at radius 1 is 1.38 bits per heavy atom. The molecular weight excluding hydrogens is 268 g/mol. The Kier molecular flexibility index (Phi) is 4.38. The van der Waals surface area contributed by atoms with Gasteiger partial charge in [0, 0.05) is 13.1 Å². The van der Waals surface area contributed by atoms with E-state index >= 15 is 0 Å². The van der Waals surface area contributed by atoms with Crippen molar-refractivity contribution in [1.82, 2.24) is 4.90 Å². The zero-order chi connectivity index (χ0) is 14.5. The van der Waals surface area contributed by atoms with Crippen LogP contribution in [-0.4, -0.2) is 43.1 Å². The van der Waals surface area contributed by atoms with Gasteiger partial charge in [-0.1, -0.05) is 30.3 Å². The van der Waals surface area contributed by atoms with Gasteiger partial charge in [0.1, 0.15) is 13.2 Å². The first-order valence-electron chi connectivity index (χ1n) is 7.46. The number of piperidine rings is 1. The quantitative estimate of drug-likeness (QED) is 0.858. The monoisotopic (exact) mass is 288 g/mol. The van der Waals surface area contributed by atoms with Gasteiger partial charge in [-0.2, -0.15) is 0 Å². The maximum absolute atomic E-state index is 12.2. The van der Waals surface area contributed by atoms with Crippen molar-refractivity contribution < 1.29 is 14.3 Å². The van der Waals surface area contributed by atoms with E-state index in [1.165, 1.54) is 0 Å². The number of likely N-dealkylation sites (tertiary alicyclic amines) is 1. The van der Waals surface area contributed by atoms with Crippen molar-refractivity contribution in [3.05, 3.63) is 35.9 Å². The third-order valence-electron chi connectivity index (χ3n) is 3.84. The van der Waals surface area contributed by atoms with E-state index < -0.39 is 0 Å². The summed E-state index contributed by atoms with van der Waals surface area (Å²) < 4.78 is 10.9. The van der Waals surface area contributed by atoms with Crippen LogP contribution in [0, 0.1) is 5.92 Å². The second-order valence-electron chi connectivity index (χ2n) is 5.39. The van der Waals surface area contributed by atoms with Gasteiger partial charge in [0.25, 0.3) is 0 Å². The first kappa shape index (κ1) is 13.9. The molecule has 0 aromatic heterocycles. The van der Waals surface area contributed by atoms with Gasteiger partial charge < -0.3 is 14.4 Å². The lowest BCUT2D eigenvalue weighted by molar-refractivity contribution is 0.0832. The average Bonchev–Trinajstić information content (AvgIpc) is 3.08. The molecule has 2 heterocycles. The van der Waals surface area contributed by atoms with Gasteiger partial charge in [0.2, 0.25) is 0 Å². The SMILES string of the molecule is O=C(OCc1ccccc1)N1CCCC(C2=NCCO2)C1. The number of benzene rings is 1. The second-order valence-corrected chi connectivity index (χ2v) is 5.39. The summed E-state index contributed by atoms with van der Waals surface area (Å²) in [6.45, 7) is 3.12. The summed E-state index contributed by atoms with van der Waals surface area (Å²) >= 11 is 0. The van der Waals surface area contributed by atoms with E-state index in [0.29, 0.717) is 19.8 Å². The number of hydrogen-bond acceptors (Lipinski definition) is 4. The molecule has 2 aliphatic heterocycles. The molecule has 1 amide bonds. The molecule has 5 heteroatoms. The van der Waals surface area contributed by atoms with Crippen molar-refractivity contribution >= 4 is 12.0 Å². The number of carbonyl (C=O) groups is 1. The minimum absolute atomic E-state index is 0.227. The maximum Gasteiger partial charge on any atom is 0.410 e. The maximum atomic E-state index is 12.2. The number of carbonyl (C=O) groups excluding carboxylic acids is 1. The van der Waals surface area contributed by atoms with Crippen molar-refractivity contribution in [3.63, 3.8) is 0 Å². The highest BCUT2D eigenvalue weighted by atomic mass is 16.6. The van der Waals surface area contributed by atoms with Crippen LogP contribution in [0.2, 0.25) is 0 Å². The van der Waals surface area contributed by atoms with Gasteiger partial charge in [0.15, 0.2) is 5.90 Å². The van der Waals surface area contributed by atoms with Crippen LogP contribution in [0.1, 0.15) is 18.4 Å². The first-order valence-corrected chi connectivity index (χ1v) is 7.46. The van der Waals surface area contributed by atoms with Gasteiger partial charge in [-0.3, -0.25) is 4.99 Å². The van der Waals surface area contributed by atoms with E-state index in [0.717, 1.165) is 37.4 Å². The number of nitrogens with zero attached hydrogens (tertiary/aromatic N) is 2. The predicted octanol–water partition coefficient (Wildman–Crippen LogP) is 2.46. The van der Waals surface area contributed by atoms with Crippen LogP contribution in [0.5, 0.6) is 0 Å². The molecule has 2 aliphatic rings. The fourth-order valence-corrected chi connectivity index (χ4v) is 2.75. The molecule has 1 atom stereocenters. The third kappa shape index (κ3) is 3.54. The van der Waals surface area contributed by atoms with E-state index in [4.69, 9.17) is 9.47 Å². The molecule has 0 spiro atoms. The lowest BCUT2D eigenvalue weighted by atomic mass is 9.98. The lowest BCUT2D eigenvalue weighted by Gasteiger charge is -2.31. The minimum atomic E-state index is -0.248. The molecule has 112 valence electrons. The van der Waals surface area contributed by atoms with Gasteiger partial charge in [-0.15, -0.1) is 0 Å². The Morgan fingerprint density at radius 2 is 2.24 bits per heavy atom. The Balaban J connectivity index is 1.52. The van der Waals surface area contributed by atoms with Crippen molar-refractivity contribution in [3.8, 4) is 0 Å². The Labute approximate surface area is 124 Å². The molecule has 1 aromatic carbocycles. The van der Waals surface area contributed by atoms with Crippen LogP contribution in [0.25, 0.3) is 0 Å². The molecule has 1 aromatic rings. The van der Waals surface area contributed by atoms with Crippen LogP contribution >= 0.6 is 0 Å². The molecular formula is C16H20N2O3. The number of aliphatic imine (C=N–C) groups is 1. The highest BCUT2D eigenvalue weighted by Gasteiger charge is 2.30. The molecule has 3 rings (SSSR count). The second kappa shape index (κ2) is 6.61. The van der Waals surface area contributed by atoms with Crippen molar-refractivity contribution in [2.75, 3.05) is 26.2 Å². The fraction of sp³-hybridized carbons (Fsp3) is 0.500. The predicted molar refractivity (Wildman–Crippen MR) is 79.2 cm³/mol. The zero-order valence-electron chi connectivity index (χ0n) is 12.0. The molecule has 0 N–H and O–H groups in total. The number of rotatable bonds is 3. The molecule has 1 unspecified atom stereocenters. The van der Waals surface area contributed by atoms with Gasteiger partial charge in [-0.25, -0.2) is 4.79 Å². The average molecular weight is 288 g/mol. The number of hydrogen-bond donors (Lipinski definition) is 0. The molecule has 5 nitrogen and oxygen atoms in total. The molecule has 0 bridgehead atoms. The Morgan fingerprint density at radius 3 is 3.00 bits per heavy atom. The summed E-state index contributed by atoms with van der Waals surface area (Å²) in [6.07, 6.45) is 1.75. The van der Waals surface area contributed by atoms with Crippen LogP contribution in [-0.2, 0) is 16.1 Å². The molecule has 1 saturated heterocycles. The molecule has 0 aliphatic carbocycles. The molecule has 0 saturated carbocycles. The summed E-state index contributed by atoms with van der Waals surface area (Å²) in [5.74, 6) is 1.04. The Bertz CT molecular complexity index is 516. The lowest BCUT2D eigenvalue weighted by Crippen LogP contribution is -2.42. The van der Waals surface area contributed by atoms with Crippen molar-refractivity contribution in [1.29, 1.82) is 0 Å². The normalized spacial score (nSPS) is 21.6. The van der Waals surface area contributed by atoms with Gasteiger partial charge in [-0.05, 0) is 18.4 Å². The van der Waals surface area contributed by atoms with Crippen LogP contribution in [0.4, 0.5) is 4.79 Å².